The van der Waals surface area contributed by atoms with E-state index in [2.05, 4.69) is 29.1 Å². The van der Waals surface area contributed by atoms with Crippen LogP contribution in [0, 0.1) is 5.92 Å². The standard InChI is InChI=1S/C15H32N4.2ClH/c1-14(2)8-10-18-15(16)17-9-4-3-5-11-19-12-6-7-13-19;;/h14H,3-13H2,1-2H3,(H3,16,17,18);2*1H. The molecule has 1 aliphatic heterocycles. The van der Waals surface area contributed by atoms with Gasteiger partial charge in [0.1, 0.15) is 0 Å². The molecule has 0 aromatic rings. The van der Waals surface area contributed by atoms with Crippen LogP contribution >= 0.6 is 24.8 Å². The van der Waals surface area contributed by atoms with Crippen molar-refractivity contribution in [3.63, 3.8) is 0 Å². The maximum absolute atomic E-state index is 5.80. The van der Waals surface area contributed by atoms with Crippen LogP contribution < -0.4 is 11.1 Å². The van der Waals surface area contributed by atoms with Gasteiger partial charge in [0, 0.05) is 13.1 Å². The highest BCUT2D eigenvalue weighted by Gasteiger charge is 2.09. The van der Waals surface area contributed by atoms with E-state index in [1.54, 1.807) is 0 Å². The molecule has 0 radical (unpaired) electrons. The van der Waals surface area contributed by atoms with Gasteiger partial charge in [-0.15, -0.1) is 24.8 Å². The van der Waals surface area contributed by atoms with Crippen LogP contribution in [-0.4, -0.2) is 43.6 Å². The first-order chi connectivity index (χ1) is 9.18. The molecule has 6 heteroatoms. The predicted octanol–water partition coefficient (Wildman–Crippen LogP) is 3.05. The molecule has 0 bridgehead atoms. The lowest BCUT2D eigenvalue weighted by molar-refractivity contribution is 0.329. The van der Waals surface area contributed by atoms with Crippen LogP contribution in [0.5, 0.6) is 0 Å². The van der Waals surface area contributed by atoms with Crippen LogP contribution in [0.25, 0.3) is 0 Å². The zero-order valence-electron chi connectivity index (χ0n) is 13.6. The number of nitrogens with two attached hydrogens (primary N) is 1. The van der Waals surface area contributed by atoms with Crippen molar-refractivity contribution in [1.29, 1.82) is 0 Å². The Morgan fingerprint density at radius 2 is 1.81 bits per heavy atom. The second-order valence-corrected chi connectivity index (χ2v) is 5.99. The molecular formula is C15H34Cl2N4. The van der Waals surface area contributed by atoms with Crippen LogP contribution in [0.2, 0.25) is 0 Å². The topological polar surface area (TPSA) is 53.6 Å². The predicted molar refractivity (Wildman–Crippen MR) is 98.0 cm³/mol. The highest BCUT2D eigenvalue weighted by Crippen LogP contribution is 2.08. The molecule has 1 fully saturated rings. The fraction of sp³-hybridized carbons (Fsp3) is 0.933. The average Bonchev–Trinajstić information content (AvgIpc) is 2.86. The Morgan fingerprint density at radius 3 is 2.43 bits per heavy atom. The lowest BCUT2D eigenvalue weighted by Crippen LogP contribution is -2.33. The summed E-state index contributed by atoms with van der Waals surface area (Å²) in [6.07, 6.45) is 7.65. The van der Waals surface area contributed by atoms with Crippen molar-refractivity contribution in [2.45, 2.75) is 52.4 Å². The fourth-order valence-corrected chi connectivity index (χ4v) is 2.37. The van der Waals surface area contributed by atoms with Crippen LogP contribution in [0.15, 0.2) is 4.99 Å². The van der Waals surface area contributed by atoms with E-state index in [1.807, 2.05) is 0 Å². The maximum Gasteiger partial charge on any atom is 0.188 e. The van der Waals surface area contributed by atoms with Crippen molar-refractivity contribution in [3.8, 4) is 0 Å². The van der Waals surface area contributed by atoms with E-state index in [-0.39, 0.29) is 24.8 Å². The number of nitrogens with zero attached hydrogens (tertiary/aromatic N) is 2. The quantitative estimate of drug-likeness (QED) is 0.385. The summed E-state index contributed by atoms with van der Waals surface area (Å²) >= 11 is 0. The van der Waals surface area contributed by atoms with Crippen LogP contribution in [0.1, 0.15) is 52.4 Å². The van der Waals surface area contributed by atoms with Gasteiger partial charge in [-0.3, -0.25) is 4.99 Å². The van der Waals surface area contributed by atoms with E-state index < -0.39 is 0 Å². The van der Waals surface area contributed by atoms with Gasteiger partial charge in [-0.1, -0.05) is 20.3 Å². The number of hydrogen-bond acceptors (Lipinski definition) is 2. The molecule has 0 aliphatic carbocycles. The molecule has 0 atom stereocenters. The Morgan fingerprint density at radius 1 is 1.14 bits per heavy atom. The second kappa shape index (κ2) is 14.7. The first-order valence-electron chi connectivity index (χ1n) is 7.94. The van der Waals surface area contributed by atoms with E-state index in [4.69, 9.17) is 5.73 Å². The lowest BCUT2D eigenvalue weighted by Gasteiger charge is -2.13. The molecule has 0 amide bonds. The van der Waals surface area contributed by atoms with Crippen LogP contribution in [0.3, 0.4) is 0 Å². The van der Waals surface area contributed by atoms with Gasteiger partial charge in [-0.25, -0.2) is 0 Å². The van der Waals surface area contributed by atoms with Gasteiger partial charge in [-0.05, 0) is 57.7 Å². The SMILES string of the molecule is CC(C)CCNC(N)=NCCCCCN1CCCC1.Cl.Cl. The van der Waals surface area contributed by atoms with E-state index >= 15 is 0 Å². The summed E-state index contributed by atoms with van der Waals surface area (Å²) in [4.78, 5) is 6.93. The molecular weight excluding hydrogens is 307 g/mol. The summed E-state index contributed by atoms with van der Waals surface area (Å²) in [6.45, 7) is 10.1. The third-order valence-corrected chi connectivity index (χ3v) is 3.64. The Balaban J connectivity index is 0. The highest BCUT2D eigenvalue weighted by atomic mass is 35.5. The molecule has 3 N–H and O–H groups in total. The summed E-state index contributed by atoms with van der Waals surface area (Å²) in [5.41, 5.74) is 5.80. The number of rotatable bonds is 9. The number of halogens is 2. The van der Waals surface area contributed by atoms with Crippen LogP contribution in [-0.2, 0) is 0 Å². The molecule has 0 aromatic heterocycles. The van der Waals surface area contributed by atoms with E-state index in [1.165, 1.54) is 45.3 Å². The number of aliphatic imine (C=N–C) groups is 1. The van der Waals surface area contributed by atoms with Gasteiger partial charge in [0.05, 0.1) is 0 Å². The summed E-state index contributed by atoms with van der Waals surface area (Å²) in [6, 6.07) is 0. The molecule has 1 saturated heterocycles. The molecule has 1 heterocycles. The third-order valence-electron chi connectivity index (χ3n) is 3.64. The fourth-order valence-electron chi connectivity index (χ4n) is 2.37. The molecule has 0 unspecified atom stereocenters. The smallest absolute Gasteiger partial charge is 0.188 e. The summed E-state index contributed by atoms with van der Waals surface area (Å²) in [7, 11) is 0. The molecule has 21 heavy (non-hydrogen) atoms. The normalized spacial score (nSPS) is 15.7. The minimum Gasteiger partial charge on any atom is -0.370 e. The summed E-state index contributed by atoms with van der Waals surface area (Å²) in [5, 5.41) is 3.17. The van der Waals surface area contributed by atoms with E-state index in [0.29, 0.717) is 11.9 Å². The van der Waals surface area contributed by atoms with Crippen molar-refractivity contribution in [3.05, 3.63) is 0 Å². The van der Waals surface area contributed by atoms with Gasteiger partial charge < -0.3 is 16.0 Å². The van der Waals surface area contributed by atoms with Gasteiger partial charge in [-0.2, -0.15) is 0 Å². The van der Waals surface area contributed by atoms with Gasteiger partial charge in [0.2, 0.25) is 0 Å². The molecule has 128 valence electrons. The van der Waals surface area contributed by atoms with Crippen molar-refractivity contribution < 1.29 is 0 Å². The molecule has 0 aromatic carbocycles. The Kier molecular flexibility index (Phi) is 16.2. The zero-order chi connectivity index (χ0) is 13.9. The molecule has 0 saturated carbocycles. The monoisotopic (exact) mass is 340 g/mol. The summed E-state index contributed by atoms with van der Waals surface area (Å²) < 4.78 is 0. The number of guanidine groups is 1. The van der Waals surface area contributed by atoms with Crippen molar-refractivity contribution in [2.75, 3.05) is 32.7 Å². The molecule has 1 aliphatic rings. The minimum atomic E-state index is 0. The van der Waals surface area contributed by atoms with Gasteiger partial charge >= 0.3 is 0 Å². The van der Waals surface area contributed by atoms with E-state index in [0.717, 1.165) is 25.9 Å². The summed E-state index contributed by atoms with van der Waals surface area (Å²) in [5.74, 6) is 1.33. The molecule has 0 spiro atoms. The van der Waals surface area contributed by atoms with Crippen molar-refractivity contribution in [2.24, 2.45) is 16.6 Å². The van der Waals surface area contributed by atoms with Crippen molar-refractivity contribution in [1.82, 2.24) is 10.2 Å². The second-order valence-electron chi connectivity index (χ2n) is 5.99. The maximum atomic E-state index is 5.80. The molecule has 4 nitrogen and oxygen atoms in total. The number of nitrogens with one attached hydrogen (secondary N) is 1. The number of likely N-dealkylation sites (tertiary alicyclic amines) is 1. The highest BCUT2D eigenvalue weighted by molar-refractivity contribution is 5.85. The zero-order valence-corrected chi connectivity index (χ0v) is 15.3. The molecule has 1 rings (SSSR count). The number of hydrogen-bond donors (Lipinski definition) is 2. The average molecular weight is 341 g/mol. The Hall–Kier alpha value is -0.190. The van der Waals surface area contributed by atoms with Crippen molar-refractivity contribution >= 4 is 30.8 Å². The lowest BCUT2D eigenvalue weighted by atomic mass is 10.1. The Labute approximate surface area is 143 Å². The Bertz CT molecular complexity index is 254. The van der Waals surface area contributed by atoms with E-state index in [9.17, 15) is 0 Å². The first kappa shape index (κ1) is 23.1. The van der Waals surface area contributed by atoms with Gasteiger partial charge in [0.25, 0.3) is 0 Å². The third kappa shape index (κ3) is 13.2. The van der Waals surface area contributed by atoms with Crippen LogP contribution in [0.4, 0.5) is 0 Å². The number of unbranched alkanes of at least 4 members (excludes halogenated alkanes) is 2. The largest absolute Gasteiger partial charge is 0.370 e. The minimum absolute atomic E-state index is 0. The van der Waals surface area contributed by atoms with Gasteiger partial charge in [0.15, 0.2) is 5.96 Å². The first-order valence-corrected chi connectivity index (χ1v) is 7.94.